The van der Waals surface area contributed by atoms with E-state index in [4.69, 9.17) is 4.74 Å². The highest BCUT2D eigenvalue weighted by atomic mass is 79.9. The SMILES string of the molecule is COc1cc(Br)ccc1-c1c(C)nn2c(C)cc(C)nc12. The van der Waals surface area contributed by atoms with Crippen LogP contribution < -0.4 is 4.74 Å². The summed E-state index contributed by atoms with van der Waals surface area (Å²) in [5.41, 5.74) is 5.89. The Kier molecular flexibility index (Phi) is 3.45. The predicted octanol–water partition coefficient (Wildman–Crippen LogP) is 4.09. The van der Waals surface area contributed by atoms with Gasteiger partial charge in [0.25, 0.3) is 0 Å². The number of methoxy groups -OCH3 is 1. The van der Waals surface area contributed by atoms with Crippen LogP contribution in [0.25, 0.3) is 16.8 Å². The molecular weight excluding hydrogens is 330 g/mol. The van der Waals surface area contributed by atoms with Crippen molar-refractivity contribution >= 4 is 21.6 Å². The Hall–Kier alpha value is -1.88. The number of aromatic nitrogens is 3. The van der Waals surface area contributed by atoms with Crippen molar-refractivity contribution in [2.75, 3.05) is 7.11 Å². The third kappa shape index (κ3) is 2.31. The van der Waals surface area contributed by atoms with E-state index in [9.17, 15) is 0 Å². The second kappa shape index (κ2) is 5.15. The van der Waals surface area contributed by atoms with Gasteiger partial charge in [-0.3, -0.25) is 0 Å². The van der Waals surface area contributed by atoms with Gasteiger partial charge in [-0.15, -0.1) is 0 Å². The van der Waals surface area contributed by atoms with Gasteiger partial charge in [0.15, 0.2) is 5.65 Å². The van der Waals surface area contributed by atoms with Crippen LogP contribution in [-0.2, 0) is 0 Å². The van der Waals surface area contributed by atoms with E-state index in [1.54, 1.807) is 7.11 Å². The van der Waals surface area contributed by atoms with Crippen molar-refractivity contribution in [3.63, 3.8) is 0 Å². The minimum atomic E-state index is 0.809. The summed E-state index contributed by atoms with van der Waals surface area (Å²) in [7, 11) is 1.68. The van der Waals surface area contributed by atoms with Crippen molar-refractivity contribution < 1.29 is 4.74 Å². The summed E-state index contributed by atoms with van der Waals surface area (Å²) < 4.78 is 8.39. The highest BCUT2D eigenvalue weighted by Crippen LogP contribution is 2.36. The van der Waals surface area contributed by atoms with Crippen LogP contribution in [0.15, 0.2) is 28.7 Å². The van der Waals surface area contributed by atoms with Gasteiger partial charge in [0.05, 0.1) is 18.4 Å². The quantitative estimate of drug-likeness (QED) is 0.702. The summed E-state index contributed by atoms with van der Waals surface area (Å²) in [6, 6.07) is 8.03. The maximum atomic E-state index is 5.52. The Balaban J connectivity index is 2.37. The molecule has 0 radical (unpaired) electrons. The lowest BCUT2D eigenvalue weighted by molar-refractivity contribution is 0.416. The summed E-state index contributed by atoms with van der Waals surface area (Å²) >= 11 is 3.48. The summed E-state index contributed by atoms with van der Waals surface area (Å²) in [6.45, 7) is 6.04. The first-order valence-corrected chi connectivity index (χ1v) is 7.48. The van der Waals surface area contributed by atoms with Crippen LogP contribution in [0.1, 0.15) is 17.1 Å². The molecule has 3 rings (SSSR count). The molecule has 0 saturated carbocycles. The average Bonchev–Trinajstić information content (AvgIpc) is 2.75. The molecule has 3 aromatic rings. The second-order valence-electron chi connectivity index (χ2n) is 5.08. The third-order valence-electron chi connectivity index (χ3n) is 3.50. The Morgan fingerprint density at radius 2 is 1.90 bits per heavy atom. The predicted molar refractivity (Wildman–Crippen MR) is 86.9 cm³/mol. The number of aryl methyl sites for hydroxylation is 3. The fourth-order valence-corrected chi connectivity index (χ4v) is 2.95. The first kappa shape index (κ1) is 14.1. The zero-order valence-electron chi connectivity index (χ0n) is 12.4. The van der Waals surface area contributed by atoms with E-state index < -0.39 is 0 Å². The molecule has 2 aromatic heterocycles. The lowest BCUT2D eigenvalue weighted by Crippen LogP contribution is -1.97. The summed E-state index contributed by atoms with van der Waals surface area (Å²) in [5, 5.41) is 4.61. The van der Waals surface area contributed by atoms with Crippen LogP contribution in [0.5, 0.6) is 5.75 Å². The van der Waals surface area contributed by atoms with Gasteiger partial charge in [-0.1, -0.05) is 15.9 Å². The van der Waals surface area contributed by atoms with E-state index in [2.05, 4.69) is 26.0 Å². The Morgan fingerprint density at radius 3 is 2.62 bits per heavy atom. The van der Waals surface area contributed by atoms with Gasteiger partial charge in [0.2, 0.25) is 0 Å². The number of ether oxygens (including phenoxy) is 1. The zero-order chi connectivity index (χ0) is 15.1. The van der Waals surface area contributed by atoms with Gasteiger partial charge in [0, 0.05) is 21.4 Å². The van der Waals surface area contributed by atoms with Crippen LogP contribution in [-0.4, -0.2) is 21.7 Å². The number of rotatable bonds is 2. The fourth-order valence-electron chi connectivity index (χ4n) is 2.61. The van der Waals surface area contributed by atoms with E-state index in [1.807, 2.05) is 49.6 Å². The van der Waals surface area contributed by atoms with Crippen molar-refractivity contribution in [3.8, 4) is 16.9 Å². The number of hydrogen-bond donors (Lipinski definition) is 0. The van der Waals surface area contributed by atoms with Gasteiger partial charge >= 0.3 is 0 Å². The maximum absolute atomic E-state index is 5.52. The van der Waals surface area contributed by atoms with Crippen molar-refractivity contribution in [1.29, 1.82) is 0 Å². The summed E-state index contributed by atoms with van der Waals surface area (Å²) in [6.07, 6.45) is 0. The normalized spacial score (nSPS) is 11.1. The molecule has 2 heterocycles. The minimum absolute atomic E-state index is 0.809. The first-order valence-electron chi connectivity index (χ1n) is 6.68. The van der Waals surface area contributed by atoms with Crippen LogP contribution in [0, 0.1) is 20.8 Å². The van der Waals surface area contributed by atoms with Crippen LogP contribution in [0.2, 0.25) is 0 Å². The fraction of sp³-hybridized carbons (Fsp3) is 0.250. The van der Waals surface area contributed by atoms with Gasteiger partial charge in [-0.05, 0) is 45.0 Å². The monoisotopic (exact) mass is 345 g/mol. The molecule has 0 atom stereocenters. The number of hydrogen-bond acceptors (Lipinski definition) is 3. The maximum Gasteiger partial charge on any atom is 0.163 e. The van der Waals surface area contributed by atoms with Crippen LogP contribution >= 0.6 is 15.9 Å². The van der Waals surface area contributed by atoms with Crippen molar-refractivity contribution in [1.82, 2.24) is 14.6 Å². The smallest absolute Gasteiger partial charge is 0.163 e. The molecule has 0 spiro atoms. The molecule has 0 aliphatic carbocycles. The number of halogens is 1. The average molecular weight is 346 g/mol. The van der Waals surface area contributed by atoms with E-state index in [-0.39, 0.29) is 0 Å². The molecule has 1 aromatic carbocycles. The molecule has 0 aliphatic rings. The van der Waals surface area contributed by atoms with E-state index in [0.29, 0.717) is 0 Å². The van der Waals surface area contributed by atoms with Crippen LogP contribution in [0.4, 0.5) is 0 Å². The topological polar surface area (TPSA) is 39.4 Å². The zero-order valence-corrected chi connectivity index (χ0v) is 14.0. The molecule has 0 N–H and O–H groups in total. The molecule has 4 nitrogen and oxygen atoms in total. The molecule has 0 amide bonds. The number of benzene rings is 1. The molecule has 21 heavy (non-hydrogen) atoms. The largest absolute Gasteiger partial charge is 0.496 e. The van der Waals surface area contributed by atoms with Crippen molar-refractivity contribution in [3.05, 3.63) is 45.8 Å². The Bertz CT molecular complexity index is 839. The summed E-state index contributed by atoms with van der Waals surface area (Å²) in [4.78, 5) is 4.66. The molecule has 0 saturated heterocycles. The first-order chi connectivity index (χ1) is 10.0. The van der Waals surface area contributed by atoms with Crippen LogP contribution in [0.3, 0.4) is 0 Å². The van der Waals surface area contributed by atoms with Gasteiger partial charge in [-0.25, -0.2) is 9.50 Å². The standard InChI is InChI=1S/C16H16BrN3O/c1-9-7-10(2)20-16(18-9)15(11(3)19-20)13-6-5-12(17)8-14(13)21-4/h5-8H,1-4H3. The molecule has 5 heteroatoms. The molecule has 108 valence electrons. The Morgan fingerprint density at radius 1 is 1.14 bits per heavy atom. The highest BCUT2D eigenvalue weighted by molar-refractivity contribution is 9.10. The lowest BCUT2D eigenvalue weighted by atomic mass is 10.1. The van der Waals surface area contributed by atoms with E-state index in [0.717, 1.165) is 44.1 Å². The number of nitrogens with zero attached hydrogens (tertiary/aromatic N) is 3. The lowest BCUT2D eigenvalue weighted by Gasteiger charge is -2.09. The van der Waals surface area contributed by atoms with Crippen molar-refractivity contribution in [2.45, 2.75) is 20.8 Å². The Labute approximate surface area is 131 Å². The third-order valence-corrected chi connectivity index (χ3v) is 4.00. The van der Waals surface area contributed by atoms with E-state index >= 15 is 0 Å². The summed E-state index contributed by atoms with van der Waals surface area (Å²) in [5.74, 6) is 0.809. The molecule has 0 bridgehead atoms. The van der Waals surface area contributed by atoms with Gasteiger partial charge in [0.1, 0.15) is 5.75 Å². The van der Waals surface area contributed by atoms with Gasteiger partial charge in [-0.2, -0.15) is 5.10 Å². The van der Waals surface area contributed by atoms with Gasteiger partial charge < -0.3 is 4.74 Å². The second-order valence-corrected chi connectivity index (χ2v) is 6.00. The molecule has 0 unspecified atom stereocenters. The molecule has 0 fully saturated rings. The minimum Gasteiger partial charge on any atom is -0.496 e. The molecular formula is C16H16BrN3O. The van der Waals surface area contributed by atoms with E-state index in [1.165, 1.54) is 0 Å². The molecule has 0 aliphatic heterocycles. The number of fused-ring (bicyclic) bond motifs is 1. The highest BCUT2D eigenvalue weighted by Gasteiger charge is 2.18. The van der Waals surface area contributed by atoms with Crippen molar-refractivity contribution in [2.24, 2.45) is 0 Å².